The summed E-state index contributed by atoms with van der Waals surface area (Å²) in [6, 6.07) is 14.8. The van der Waals surface area contributed by atoms with Gasteiger partial charge in [-0.3, -0.25) is 14.2 Å². The Bertz CT molecular complexity index is 975. The highest BCUT2D eigenvalue weighted by atomic mass is 79.9. The first-order valence-electron chi connectivity index (χ1n) is 7.61. The smallest absolute Gasteiger partial charge is 0.251 e. The second-order valence-corrected chi connectivity index (χ2v) is 6.69. The third-order valence-corrected chi connectivity index (χ3v) is 4.50. The molecule has 0 spiro atoms. The second-order valence-electron chi connectivity index (χ2n) is 5.78. The predicted octanol–water partition coefficient (Wildman–Crippen LogP) is 4.02. The normalized spacial score (nSPS) is 10.8. The van der Waals surface area contributed by atoms with Crippen molar-refractivity contribution in [3.8, 4) is 0 Å². The molecule has 2 aromatic carbocycles. The van der Waals surface area contributed by atoms with Crippen LogP contribution in [0.4, 0.5) is 5.69 Å². The van der Waals surface area contributed by atoms with Gasteiger partial charge in [-0.2, -0.15) is 0 Å². The Morgan fingerprint density at radius 3 is 2.50 bits per heavy atom. The molecule has 3 aromatic rings. The van der Waals surface area contributed by atoms with Crippen molar-refractivity contribution in [2.24, 2.45) is 0 Å². The van der Waals surface area contributed by atoms with Crippen molar-refractivity contribution in [1.29, 1.82) is 0 Å². The average molecular weight is 385 g/mol. The number of benzene rings is 2. The van der Waals surface area contributed by atoms with E-state index in [1.54, 1.807) is 6.07 Å². The van der Waals surface area contributed by atoms with Crippen LogP contribution >= 0.6 is 15.9 Å². The molecule has 1 N–H and O–H groups in total. The van der Waals surface area contributed by atoms with Crippen LogP contribution < -0.4 is 10.9 Å². The Morgan fingerprint density at radius 1 is 1.08 bits per heavy atom. The predicted molar refractivity (Wildman–Crippen MR) is 100 cm³/mol. The Kier molecular flexibility index (Phi) is 4.53. The Balaban J connectivity index is 1.96. The van der Waals surface area contributed by atoms with Gasteiger partial charge in [-0.15, -0.1) is 0 Å². The van der Waals surface area contributed by atoms with Crippen LogP contribution in [0.15, 0.2) is 57.8 Å². The highest BCUT2D eigenvalue weighted by Gasteiger charge is 2.12. The van der Waals surface area contributed by atoms with E-state index in [1.807, 2.05) is 56.3 Å². The van der Waals surface area contributed by atoms with Crippen molar-refractivity contribution in [2.75, 3.05) is 5.32 Å². The van der Waals surface area contributed by atoms with Crippen LogP contribution in [0, 0.1) is 13.8 Å². The van der Waals surface area contributed by atoms with Crippen LogP contribution in [0.3, 0.4) is 0 Å². The summed E-state index contributed by atoms with van der Waals surface area (Å²) in [6.45, 7) is 3.84. The number of para-hydroxylation sites is 1. The molecule has 0 saturated heterocycles. The number of halogens is 1. The number of aromatic nitrogens is 1. The molecule has 24 heavy (non-hydrogen) atoms. The standard InChI is InChI=1S/C19H17BrN2O2/c1-12-4-3-5-16-13(2)10-18(24)22(19(12)16)11-17(23)21-15-8-6-14(20)7-9-15/h3-10H,11H2,1-2H3,(H,21,23). The molecule has 0 bridgehead atoms. The molecule has 0 aliphatic carbocycles. The topological polar surface area (TPSA) is 51.1 Å². The minimum Gasteiger partial charge on any atom is -0.325 e. The largest absolute Gasteiger partial charge is 0.325 e. The van der Waals surface area contributed by atoms with E-state index in [-0.39, 0.29) is 18.0 Å². The Morgan fingerprint density at radius 2 is 1.79 bits per heavy atom. The van der Waals surface area contributed by atoms with Crippen LogP contribution in [0.25, 0.3) is 10.9 Å². The van der Waals surface area contributed by atoms with Crippen molar-refractivity contribution in [3.63, 3.8) is 0 Å². The molecule has 0 saturated carbocycles. The van der Waals surface area contributed by atoms with Crippen molar-refractivity contribution in [3.05, 3.63) is 74.5 Å². The van der Waals surface area contributed by atoms with E-state index in [4.69, 9.17) is 0 Å². The summed E-state index contributed by atoms with van der Waals surface area (Å²) in [7, 11) is 0. The number of carbonyl (C=O) groups is 1. The molecule has 0 aliphatic heterocycles. The van der Waals surface area contributed by atoms with E-state index in [0.29, 0.717) is 5.69 Å². The van der Waals surface area contributed by atoms with Crippen LogP contribution in [-0.4, -0.2) is 10.5 Å². The summed E-state index contributed by atoms with van der Waals surface area (Å²) in [5, 5.41) is 3.82. The van der Waals surface area contributed by atoms with Gasteiger partial charge in [0.05, 0.1) is 5.52 Å². The molecule has 3 rings (SSSR count). The van der Waals surface area contributed by atoms with Gasteiger partial charge in [-0.1, -0.05) is 34.1 Å². The van der Waals surface area contributed by atoms with Crippen molar-refractivity contribution in [2.45, 2.75) is 20.4 Å². The maximum absolute atomic E-state index is 12.4. The summed E-state index contributed by atoms with van der Waals surface area (Å²) < 4.78 is 2.48. The van der Waals surface area contributed by atoms with Crippen LogP contribution in [-0.2, 0) is 11.3 Å². The van der Waals surface area contributed by atoms with E-state index in [1.165, 1.54) is 4.57 Å². The van der Waals surface area contributed by atoms with Gasteiger partial charge >= 0.3 is 0 Å². The van der Waals surface area contributed by atoms with Gasteiger partial charge in [0, 0.05) is 21.6 Å². The molecular weight excluding hydrogens is 368 g/mol. The third kappa shape index (κ3) is 3.26. The highest BCUT2D eigenvalue weighted by Crippen LogP contribution is 2.20. The minimum absolute atomic E-state index is 0.0173. The zero-order valence-electron chi connectivity index (χ0n) is 13.5. The zero-order valence-corrected chi connectivity index (χ0v) is 15.1. The molecule has 4 nitrogen and oxygen atoms in total. The van der Waals surface area contributed by atoms with E-state index < -0.39 is 0 Å². The van der Waals surface area contributed by atoms with Gasteiger partial charge in [0.1, 0.15) is 6.54 Å². The minimum atomic E-state index is -0.229. The van der Waals surface area contributed by atoms with Gasteiger partial charge < -0.3 is 5.32 Å². The van der Waals surface area contributed by atoms with Gasteiger partial charge in [0.25, 0.3) is 5.56 Å². The maximum Gasteiger partial charge on any atom is 0.251 e. The molecule has 1 heterocycles. The molecule has 0 fully saturated rings. The monoisotopic (exact) mass is 384 g/mol. The summed E-state index contributed by atoms with van der Waals surface area (Å²) >= 11 is 3.36. The first-order valence-corrected chi connectivity index (χ1v) is 8.40. The van der Waals surface area contributed by atoms with Crippen molar-refractivity contribution < 1.29 is 4.79 Å². The molecule has 0 aliphatic rings. The van der Waals surface area contributed by atoms with Crippen molar-refractivity contribution >= 4 is 38.4 Å². The number of hydrogen-bond acceptors (Lipinski definition) is 2. The average Bonchev–Trinajstić information content (AvgIpc) is 2.54. The molecule has 122 valence electrons. The molecular formula is C19H17BrN2O2. The fraction of sp³-hybridized carbons (Fsp3) is 0.158. The van der Waals surface area contributed by atoms with Gasteiger partial charge in [0.15, 0.2) is 0 Å². The summed E-state index contributed by atoms with van der Waals surface area (Å²) in [6.07, 6.45) is 0. The van der Waals surface area contributed by atoms with Crippen molar-refractivity contribution in [1.82, 2.24) is 4.57 Å². The Hall–Kier alpha value is -2.40. The number of hydrogen-bond donors (Lipinski definition) is 1. The summed E-state index contributed by atoms with van der Waals surface area (Å²) in [5.74, 6) is -0.229. The lowest BCUT2D eigenvalue weighted by Gasteiger charge is -2.14. The highest BCUT2D eigenvalue weighted by molar-refractivity contribution is 9.10. The lowest BCUT2D eigenvalue weighted by atomic mass is 10.1. The lowest BCUT2D eigenvalue weighted by molar-refractivity contribution is -0.116. The lowest BCUT2D eigenvalue weighted by Crippen LogP contribution is -2.28. The molecule has 0 atom stereocenters. The summed E-state index contributed by atoms with van der Waals surface area (Å²) in [5.41, 5.74) is 3.24. The van der Waals surface area contributed by atoms with Gasteiger partial charge in [-0.25, -0.2) is 0 Å². The van der Waals surface area contributed by atoms with Crippen LogP contribution in [0.2, 0.25) is 0 Å². The first kappa shape index (κ1) is 16.5. The summed E-state index contributed by atoms with van der Waals surface area (Å²) in [4.78, 5) is 24.8. The quantitative estimate of drug-likeness (QED) is 0.741. The number of pyridine rings is 1. The van der Waals surface area contributed by atoms with E-state index in [9.17, 15) is 9.59 Å². The zero-order chi connectivity index (χ0) is 17.3. The number of rotatable bonds is 3. The maximum atomic E-state index is 12.4. The van der Waals surface area contributed by atoms with E-state index >= 15 is 0 Å². The fourth-order valence-electron chi connectivity index (χ4n) is 2.82. The first-order chi connectivity index (χ1) is 11.5. The number of carbonyl (C=O) groups excluding carboxylic acids is 1. The number of nitrogens with zero attached hydrogens (tertiary/aromatic N) is 1. The number of amides is 1. The molecule has 1 amide bonds. The van der Waals surface area contributed by atoms with Crippen LogP contribution in [0.1, 0.15) is 11.1 Å². The third-order valence-electron chi connectivity index (χ3n) is 3.97. The molecule has 0 radical (unpaired) electrons. The Labute approximate surface area is 148 Å². The number of fused-ring (bicyclic) bond motifs is 1. The number of nitrogens with one attached hydrogen (secondary N) is 1. The SMILES string of the molecule is Cc1cc(=O)n(CC(=O)Nc2ccc(Br)cc2)c2c(C)cccc12. The van der Waals surface area contributed by atoms with Gasteiger partial charge in [-0.05, 0) is 49.2 Å². The van der Waals surface area contributed by atoms with Crippen LogP contribution in [0.5, 0.6) is 0 Å². The molecule has 0 unspecified atom stereocenters. The van der Waals surface area contributed by atoms with E-state index in [2.05, 4.69) is 21.2 Å². The van der Waals surface area contributed by atoms with Gasteiger partial charge in [0.2, 0.25) is 5.91 Å². The van der Waals surface area contributed by atoms with E-state index in [0.717, 1.165) is 26.5 Å². The number of aryl methyl sites for hydroxylation is 2. The molecule has 5 heteroatoms. The number of anilines is 1. The fourth-order valence-corrected chi connectivity index (χ4v) is 3.09. The molecule has 1 aromatic heterocycles. The second kappa shape index (κ2) is 6.61.